The Morgan fingerprint density at radius 1 is 0.933 bits per heavy atom. The summed E-state index contributed by atoms with van der Waals surface area (Å²) in [6, 6.07) is 17.4. The van der Waals surface area contributed by atoms with E-state index >= 15 is 0 Å². The van der Waals surface area contributed by atoms with Crippen LogP contribution >= 0.6 is 0 Å². The van der Waals surface area contributed by atoms with Crippen molar-refractivity contribution in [1.82, 2.24) is 9.88 Å². The Balaban J connectivity index is 1.77. The summed E-state index contributed by atoms with van der Waals surface area (Å²) in [7, 11) is 0. The van der Waals surface area contributed by atoms with Crippen molar-refractivity contribution < 1.29 is 9.59 Å². The molecule has 0 spiro atoms. The van der Waals surface area contributed by atoms with Crippen molar-refractivity contribution in [3.8, 4) is 5.69 Å². The van der Waals surface area contributed by atoms with E-state index < -0.39 is 5.56 Å². The third-order valence-corrected chi connectivity index (χ3v) is 4.58. The number of nitrogens with zero attached hydrogens (tertiary/aromatic N) is 1. The lowest BCUT2D eigenvalue weighted by molar-refractivity contribution is 0.0946. The number of aryl methyl sites for hydroxylation is 1. The van der Waals surface area contributed by atoms with Crippen LogP contribution in [0.2, 0.25) is 0 Å². The van der Waals surface area contributed by atoms with Gasteiger partial charge in [-0.05, 0) is 61.4 Å². The van der Waals surface area contributed by atoms with Crippen molar-refractivity contribution in [2.24, 2.45) is 5.92 Å². The first-order valence-corrected chi connectivity index (χ1v) is 9.83. The molecule has 0 aliphatic rings. The summed E-state index contributed by atoms with van der Waals surface area (Å²) in [4.78, 5) is 37.4. The summed E-state index contributed by atoms with van der Waals surface area (Å²) in [6.07, 6.45) is 1.61. The summed E-state index contributed by atoms with van der Waals surface area (Å²) in [5.74, 6) is -0.295. The molecule has 0 saturated carbocycles. The monoisotopic (exact) mass is 403 g/mol. The van der Waals surface area contributed by atoms with Gasteiger partial charge in [0, 0.05) is 29.7 Å². The number of carbonyl (C=O) groups excluding carboxylic acids is 2. The SMILES string of the molecule is Cc1ccc(C(=O)Nc2ccc(-n3cccc(C(=O)NCC(C)C)c3=O)cc2)cc1. The Kier molecular flexibility index (Phi) is 6.47. The van der Waals surface area contributed by atoms with Crippen LogP contribution < -0.4 is 16.2 Å². The number of hydrogen-bond acceptors (Lipinski definition) is 3. The number of hydrogen-bond donors (Lipinski definition) is 2. The quantitative estimate of drug-likeness (QED) is 0.657. The van der Waals surface area contributed by atoms with Gasteiger partial charge in [-0.25, -0.2) is 0 Å². The summed E-state index contributed by atoms with van der Waals surface area (Å²) in [5.41, 5.74) is 2.57. The molecule has 2 amide bonds. The molecule has 6 nitrogen and oxygen atoms in total. The highest BCUT2D eigenvalue weighted by atomic mass is 16.2. The molecule has 2 N–H and O–H groups in total. The Morgan fingerprint density at radius 3 is 2.23 bits per heavy atom. The van der Waals surface area contributed by atoms with Gasteiger partial charge >= 0.3 is 0 Å². The van der Waals surface area contributed by atoms with Crippen LogP contribution in [-0.2, 0) is 0 Å². The number of benzene rings is 2. The van der Waals surface area contributed by atoms with E-state index in [2.05, 4.69) is 10.6 Å². The minimum absolute atomic E-state index is 0.0925. The molecule has 154 valence electrons. The lowest BCUT2D eigenvalue weighted by atomic mass is 10.1. The number of amides is 2. The number of nitrogens with one attached hydrogen (secondary N) is 2. The molecule has 0 aliphatic carbocycles. The zero-order valence-electron chi connectivity index (χ0n) is 17.3. The van der Waals surface area contributed by atoms with E-state index in [0.717, 1.165) is 5.56 Å². The maximum Gasteiger partial charge on any atom is 0.267 e. The van der Waals surface area contributed by atoms with Crippen LogP contribution in [0.1, 0.15) is 40.1 Å². The van der Waals surface area contributed by atoms with Gasteiger partial charge in [0.25, 0.3) is 17.4 Å². The van der Waals surface area contributed by atoms with Gasteiger partial charge in [0.1, 0.15) is 5.56 Å². The van der Waals surface area contributed by atoms with Gasteiger partial charge in [-0.15, -0.1) is 0 Å². The minimum Gasteiger partial charge on any atom is -0.352 e. The molecule has 0 saturated heterocycles. The Labute approximate surface area is 175 Å². The molecule has 30 heavy (non-hydrogen) atoms. The molecule has 0 fully saturated rings. The van der Waals surface area contributed by atoms with Gasteiger partial charge in [-0.2, -0.15) is 0 Å². The predicted octanol–water partition coefficient (Wildman–Crippen LogP) is 3.78. The van der Waals surface area contributed by atoms with E-state index in [-0.39, 0.29) is 17.4 Å². The molecule has 0 radical (unpaired) electrons. The fraction of sp³-hybridized carbons (Fsp3) is 0.208. The van der Waals surface area contributed by atoms with E-state index in [1.54, 1.807) is 48.7 Å². The topological polar surface area (TPSA) is 80.2 Å². The molecular weight excluding hydrogens is 378 g/mol. The van der Waals surface area contributed by atoms with Crippen molar-refractivity contribution in [1.29, 1.82) is 0 Å². The van der Waals surface area contributed by atoms with Gasteiger partial charge in [0.2, 0.25) is 0 Å². The Hall–Kier alpha value is -3.67. The average Bonchev–Trinajstić information content (AvgIpc) is 2.73. The second-order valence-electron chi connectivity index (χ2n) is 7.57. The maximum atomic E-state index is 12.8. The highest BCUT2D eigenvalue weighted by Crippen LogP contribution is 2.14. The van der Waals surface area contributed by atoms with Crippen LogP contribution in [0.3, 0.4) is 0 Å². The number of aromatic nitrogens is 1. The first-order chi connectivity index (χ1) is 14.3. The Morgan fingerprint density at radius 2 is 1.60 bits per heavy atom. The van der Waals surface area contributed by atoms with Crippen LogP contribution in [0.5, 0.6) is 0 Å². The first-order valence-electron chi connectivity index (χ1n) is 9.83. The van der Waals surface area contributed by atoms with E-state index in [1.165, 1.54) is 10.6 Å². The van der Waals surface area contributed by atoms with Crippen molar-refractivity contribution in [3.63, 3.8) is 0 Å². The van der Waals surface area contributed by atoms with Crippen molar-refractivity contribution in [2.75, 3.05) is 11.9 Å². The maximum absolute atomic E-state index is 12.8. The van der Waals surface area contributed by atoms with Gasteiger partial charge in [-0.3, -0.25) is 19.0 Å². The van der Waals surface area contributed by atoms with E-state index in [0.29, 0.717) is 29.4 Å². The highest BCUT2D eigenvalue weighted by Gasteiger charge is 2.13. The molecule has 1 heterocycles. The number of carbonyl (C=O) groups is 2. The van der Waals surface area contributed by atoms with Crippen LogP contribution in [0.4, 0.5) is 5.69 Å². The van der Waals surface area contributed by atoms with Crippen molar-refractivity contribution in [2.45, 2.75) is 20.8 Å². The molecule has 0 atom stereocenters. The van der Waals surface area contributed by atoms with Crippen LogP contribution in [0, 0.1) is 12.8 Å². The largest absolute Gasteiger partial charge is 0.352 e. The average molecular weight is 403 g/mol. The number of pyridine rings is 1. The normalized spacial score (nSPS) is 10.7. The van der Waals surface area contributed by atoms with Gasteiger partial charge in [-0.1, -0.05) is 31.5 Å². The third-order valence-electron chi connectivity index (χ3n) is 4.58. The molecule has 3 aromatic rings. The van der Waals surface area contributed by atoms with Crippen molar-refractivity contribution in [3.05, 3.63) is 93.9 Å². The molecule has 1 aromatic heterocycles. The van der Waals surface area contributed by atoms with Gasteiger partial charge in [0.05, 0.1) is 0 Å². The van der Waals surface area contributed by atoms with Crippen LogP contribution in [0.25, 0.3) is 5.69 Å². The Bertz CT molecular complexity index is 1100. The predicted molar refractivity (Wildman–Crippen MR) is 118 cm³/mol. The zero-order valence-corrected chi connectivity index (χ0v) is 17.3. The number of rotatable bonds is 6. The molecular formula is C24H25N3O3. The zero-order chi connectivity index (χ0) is 21.7. The van der Waals surface area contributed by atoms with Crippen LogP contribution in [-0.4, -0.2) is 22.9 Å². The molecule has 0 bridgehead atoms. The standard InChI is InChI=1S/C24H25N3O3/c1-16(2)15-25-23(29)21-5-4-14-27(24(21)30)20-12-10-19(11-13-20)26-22(28)18-8-6-17(3)7-9-18/h4-14,16H,15H2,1-3H3,(H,25,29)(H,26,28). The highest BCUT2D eigenvalue weighted by molar-refractivity contribution is 6.04. The van der Waals surface area contributed by atoms with E-state index in [4.69, 9.17) is 0 Å². The fourth-order valence-corrected chi connectivity index (χ4v) is 2.88. The van der Waals surface area contributed by atoms with E-state index in [9.17, 15) is 14.4 Å². The van der Waals surface area contributed by atoms with Crippen LogP contribution in [0.15, 0.2) is 71.7 Å². The third kappa shape index (κ3) is 5.03. The van der Waals surface area contributed by atoms with Gasteiger partial charge in [0.15, 0.2) is 0 Å². The molecule has 6 heteroatoms. The summed E-state index contributed by atoms with van der Waals surface area (Å²) < 4.78 is 1.41. The number of anilines is 1. The smallest absolute Gasteiger partial charge is 0.267 e. The summed E-state index contributed by atoms with van der Waals surface area (Å²) in [6.45, 7) is 6.44. The lowest BCUT2D eigenvalue weighted by Gasteiger charge is -2.11. The summed E-state index contributed by atoms with van der Waals surface area (Å²) in [5, 5.41) is 5.61. The fourth-order valence-electron chi connectivity index (χ4n) is 2.88. The summed E-state index contributed by atoms with van der Waals surface area (Å²) >= 11 is 0. The minimum atomic E-state index is -0.393. The van der Waals surface area contributed by atoms with Crippen molar-refractivity contribution >= 4 is 17.5 Å². The molecule has 0 unspecified atom stereocenters. The molecule has 3 rings (SSSR count). The molecule has 2 aromatic carbocycles. The second kappa shape index (κ2) is 9.22. The molecule has 0 aliphatic heterocycles. The lowest BCUT2D eigenvalue weighted by Crippen LogP contribution is -2.34. The second-order valence-corrected chi connectivity index (χ2v) is 7.57. The van der Waals surface area contributed by atoms with E-state index in [1.807, 2.05) is 32.9 Å². The van der Waals surface area contributed by atoms with Gasteiger partial charge < -0.3 is 10.6 Å². The first kappa shape index (κ1) is 21.0.